The van der Waals surface area contributed by atoms with Gasteiger partial charge in [0.25, 0.3) is 0 Å². The Hall–Kier alpha value is -2.62. The molecule has 158 valence electrons. The van der Waals surface area contributed by atoms with Crippen LogP contribution in [0.1, 0.15) is 36.2 Å². The van der Waals surface area contributed by atoms with E-state index >= 15 is 0 Å². The lowest BCUT2D eigenvalue weighted by molar-refractivity contribution is 0.747. The summed E-state index contributed by atoms with van der Waals surface area (Å²) in [4.78, 5) is 3.44. The molecule has 0 saturated heterocycles. The second-order valence-corrected chi connectivity index (χ2v) is 9.16. The van der Waals surface area contributed by atoms with Gasteiger partial charge in [0, 0.05) is 33.1 Å². The van der Waals surface area contributed by atoms with Crippen molar-refractivity contribution < 1.29 is 0 Å². The topological polar surface area (TPSA) is 4.93 Å². The summed E-state index contributed by atoms with van der Waals surface area (Å²) in [6.07, 6.45) is 3.25. The number of thiocarbonyl (C=S) groups is 1. The molecular formula is C28H29NS2. The van der Waals surface area contributed by atoms with Crippen LogP contribution in [-0.4, -0.2) is 9.43 Å². The normalized spacial score (nSPS) is 10.3. The molecule has 3 aromatic carbocycles. The maximum absolute atomic E-state index is 5.13. The predicted octanol–water partition coefficient (Wildman–Crippen LogP) is 7.98. The summed E-state index contributed by atoms with van der Waals surface area (Å²) in [6, 6.07) is 31.6. The Kier molecular flexibility index (Phi) is 8.69. The van der Waals surface area contributed by atoms with E-state index < -0.39 is 0 Å². The zero-order valence-corrected chi connectivity index (χ0v) is 20.0. The third kappa shape index (κ3) is 6.95. The van der Waals surface area contributed by atoms with Gasteiger partial charge in [-0.1, -0.05) is 85.5 Å². The van der Waals surface area contributed by atoms with Crippen LogP contribution in [0, 0.1) is 6.92 Å². The molecule has 0 atom stereocenters. The van der Waals surface area contributed by atoms with Gasteiger partial charge in [0.2, 0.25) is 0 Å². The number of hydrogen-bond donors (Lipinski definition) is 0. The van der Waals surface area contributed by atoms with Crippen molar-refractivity contribution in [1.82, 2.24) is 4.57 Å². The first-order valence-electron chi connectivity index (χ1n) is 10.6. The highest BCUT2D eigenvalue weighted by molar-refractivity contribution is 7.99. The number of rotatable bonds is 6. The summed E-state index contributed by atoms with van der Waals surface area (Å²) >= 11 is 6.89. The van der Waals surface area contributed by atoms with Crippen molar-refractivity contribution in [2.75, 3.05) is 0 Å². The van der Waals surface area contributed by atoms with E-state index in [1.54, 1.807) is 11.8 Å². The van der Waals surface area contributed by atoms with Gasteiger partial charge in [0.15, 0.2) is 0 Å². The van der Waals surface area contributed by atoms with Crippen molar-refractivity contribution in [3.8, 4) is 0 Å². The van der Waals surface area contributed by atoms with Gasteiger partial charge in [-0.05, 0) is 73.4 Å². The predicted molar refractivity (Wildman–Crippen MR) is 138 cm³/mol. The van der Waals surface area contributed by atoms with Crippen molar-refractivity contribution in [3.05, 3.63) is 120 Å². The smallest absolute Gasteiger partial charge is 0.0475 e. The van der Waals surface area contributed by atoms with E-state index in [1.807, 2.05) is 13.0 Å². The monoisotopic (exact) mass is 443 g/mol. The molecule has 1 heterocycles. The highest BCUT2D eigenvalue weighted by Gasteiger charge is 2.01. The fourth-order valence-electron chi connectivity index (χ4n) is 3.28. The van der Waals surface area contributed by atoms with Crippen molar-refractivity contribution in [3.63, 3.8) is 0 Å². The van der Waals surface area contributed by atoms with Crippen LogP contribution in [0.5, 0.6) is 0 Å². The van der Waals surface area contributed by atoms with Crippen LogP contribution in [0.25, 0.3) is 0 Å². The lowest BCUT2D eigenvalue weighted by Gasteiger charge is -2.10. The Morgan fingerprint density at radius 3 is 2.10 bits per heavy atom. The van der Waals surface area contributed by atoms with Gasteiger partial charge >= 0.3 is 0 Å². The minimum absolute atomic E-state index is 0.941. The molecule has 0 aliphatic carbocycles. The zero-order chi connectivity index (χ0) is 22.1. The Morgan fingerprint density at radius 2 is 1.45 bits per heavy atom. The summed E-state index contributed by atoms with van der Waals surface area (Å²) < 4.78 is 2.32. The van der Waals surface area contributed by atoms with E-state index in [1.165, 1.54) is 26.6 Å². The summed E-state index contributed by atoms with van der Waals surface area (Å²) in [6.45, 7) is 7.31. The number of aromatic nitrogens is 1. The number of hydrogen-bond acceptors (Lipinski definition) is 2. The molecule has 31 heavy (non-hydrogen) atoms. The van der Waals surface area contributed by atoms with Crippen LogP contribution >= 0.6 is 24.0 Å². The highest BCUT2D eigenvalue weighted by atomic mass is 32.2. The third-order valence-electron chi connectivity index (χ3n) is 5.13. The summed E-state index contributed by atoms with van der Waals surface area (Å²) in [5.74, 6) is 0. The number of nitrogens with zero attached hydrogens (tertiary/aromatic N) is 1. The van der Waals surface area contributed by atoms with Gasteiger partial charge in [-0.3, -0.25) is 0 Å². The Balaban J connectivity index is 0.000000176. The molecule has 3 heteroatoms. The van der Waals surface area contributed by atoms with Gasteiger partial charge in [0.1, 0.15) is 0 Å². The Morgan fingerprint density at radius 1 is 0.806 bits per heavy atom. The molecule has 4 rings (SSSR count). The molecule has 0 fully saturated rings. The average molecular weight is 444 g/mol. The van der Waals surface area contributed by atoms with Gasteiger partial charge in [-0.2, -0.15) is 0 Å². The Labute approximate surface area is 196 Å². The minimum Gasteiger partial charge on any atom is -0.347 e. The number of benzene rings is 3. The third-order valence-corrected chi connectivity index (χ3v) is 6.38. The average Bonchev–Trinajstić information content (AvgIpc) is 3.24. The van der Waals surface area contributed by atoms with E-state index in [-0.39, 0.29) is 0 Å². The maximum Gasteiger partial charge on any atom is 0.0475 e. The van der Waals surface area contributed by atoms with Gasteiger partial charge in [-0.15, -0.1) is 0 Å². The second-order valence-electron chi connectivity index (χ2n) is 7.40. The van der Waals surface area contributed by atoms with E-state index in [0.717, 1.165) is 23.4 Å². The molecule has 0 N–H and O–H groups in total. The Bertz CT molecular complexity index is 1100. The molecule has 0 bridgehead atoms. The second kappa shape index (κ2) is 11.7. The lowest BCUT2D eigenvalue weighted by Crippen LogP contribution is -2.03. The molecule has 0 aliphatic rings. The molecule has 1 aromatic heterocycles. The first-order chi connectivity index (χ1) is 15.1. The molecule has 0 aliphatic heterocycles. The molecule has 0 spiro atoms. The first kappa shape index (κ1) is 23.1. The largest absolute Gasteiger partial charge is 0.347 e. The van der Waals surface area contributed by atoms with Crippen LogP contribution in [0.15, 0.2) is 107 Å². The fraction of sp³-hybridized carbons (Fsp3) is 0.179. The van der Waals surface area contributed by atoms with Crippen molar-refractivity contribution in [2.45, 2.75) is 43.5 Å². The fourth-order valence-corrected chi connectivity index (χ4v) is 4.25. The molecule has 4 aromatic rings. The van der Waals surface area contributed by atoms with Crippen LogP contribution in [0.2, 0.25) is 0 Å². The highest BCUT2D eigenvalue weighted by Crippen LogP contribution is 2.27. The quantitative estimate of drug-likeness (QED) is 0.220. The summed E-state index contributed by atoms with van der Waals surface area (Å²) in [7, 11) is 0. The van der Waals surface area contributed by atoms with Crippen molar-refractivity contribution in [2.24, 2.45) is 0 Å². The first-order valence-corrected chi connectivity index (χ1v) is 11.8. The van der Waals surface area contributed by atoms with Crippen molar-refractivity contribution >= 4 is 28.8 Å². The number of aryl methyl sites for hydroxylation is 2. The van der Waals surface area contributed by atoms with Crippen LogP contribution in [-0.2, 0) is 13.0 Å². The molecule has 0 unspecified atom stereocenters. The molecule has 0 saturated carbocycles. The zero-order valence-electron chi connectivity index (χ0n) is 18.4. The minimum atomic E-state index is 0.941. The standard InChI is InChI=1S/C14H17N.C14H12S2/c1-3-14-9-6-10-15(14)11-13-8-5-4-7-12(13)2;1-11(15)12-7-9-14(10-8-12)16-13-5-3-2-4-6-13/h4-10H,3,11H2,1-2H3;2-10H,1H3. The van der Waals surface area contributed by atoms with Gasteiger partial charge in [-0.25, -0.2) is 0 Å². The van der Waals surface area contributed by atoms with Crippen molar-refractivity contribution in [1.29, 1.82) is 0 Å². The van der Waals surface area contributed by atoms with E-state index in [4.69, 9.17) is 12.2 Å². The van der Waals surface area contributed by atoms with Gasteiger partial charge < -0.3 is 4.57 Å². The molecule has 0 amide bonds. The van der Waals surface area contributed by atoms with Crippen LogP contribution in [0.4, 0.5) is 0 Å². The summed E-state index contributed by atoms with van der Waals surface area (Å²) in [5, 5.41) is 0. The molecule has 0 radical (unpaired) electrons. The maximum atomic E-state index is 5.13. The lowest BCUT2D eigenvalue weighted by atomic mass is 10.1. The summed E-state index contributed by atoms with van der Waals surface area (Å²) in [5.41, 5.74) is 5.31. The van der Waals surface area contributed by atoms with E-state index in [0.29, 0.717) is 0 Å². The van der Waals surface area contributed by atoms with Gasteiger partial charge in [0.05, 0.1) is 0 Å². The SMILES string of the molecule is CC(=S)c1ccc(Sc2ccccc2)cc1.CCc1cccn1Cc1ccccc1C. The van der Waals surface area contributed by atoms with Crippen LogP contribution in [0.3, 0.4) is 0 Å². The van der Waals surface area contributed by atoms with E-state index in [9.17, 15) is 0 Å². The molecular weight excluding hydrogens is 414 g/mol. The molecule has 1 nitrogen and oxygen atoms in total. The van der Waals surface area contributed by atoms with Crippen LogP contribution < -0.4 is 0 Å². The van der Waals surface area contributed by atoms with E-state index in [2.05, 4.69) is 110 Å².